The second-order valence-electron chi connectivity index (χ2n) is 6.73. The third-order valence-corrected chi connectivity index (χ3v) is 5.06. The van der Waals surface area contributed by atoms with Crippen LogP contribution in [0.15, 0.2) is 18.2 Å². The predicted molar refractivity (Wildman–Crippen MR) is 83.0 cm³/mol. The summed E-state index contributed by atoms with van der Waals surface area (Å²) in [6.07, 6.45) is 13.1. The number of fused-ring (bicyclic) bond motifs is 1. The lowest BCUT2D eigenvalue weighted by atomic mass is 9.92. The Labute approximate surface area is 122 Å². The van der Waals surface area contributed by atoms with Gasteiger partial charge < -0.3 is 0 Å². The Balaban J connectivity index is 1.55. The summed E-state index contributed by atoms with van der Waals surface area (Å²) in [4.78, 5) is 12.3. The maximum Gasteiger partial charge on any atom is 0.137 e. The van der Waals surface area contributed by atoms with Crippen LogP contribution in [-0.2, 0) is 24.1 Å². The van der Waals surface area contributed by atoms with Crippen LogP contribution in [0.3, 0.4) is 0 Å². The average molecular weight is 270 g/mol. The van der Waals surface area contributed by atoms with Gasteiger partial charge in [0.1, 0.15) is 5.78 Å². The van der Waals surface area contributed by atoms with Crippen molar-refractivity contribution in [1.29, 1.82) is 0 Å². The molecule has 0 spiro atoms. The van der Waals surface area contributed by atoms with Gasteiger partial charge in [0.15, 0.2) is 0 Å². The molecule has 0 radical (unpaired) electrons. The Kier molecular flexibility index (Phi) is 4.54. The minimum Gasteiger partial charge on any atom is -0.299 e. The Morgan fingerprint density at radius 1 is 0.950 bits per heavy atom. The fourth-order valence-electron chi connectivity index (χ4n) is 3.92. The van der Waals surface area contributed by atoms with E-state index in [0.29, 0.717) is 18.1 Å². The van der Waals surface area contributed by atoms with Crippen LogP contribution in [0.5, 0.6) is 0 Å². The summed E-state index contributed by atoms with van der Waals surface area (Å²) in [5.41, 5.74) is 4.24. The number of carbonyl (C=O) groups is 1. The first kappa shape index (κ1) is 13.9. The van der Waals surface area contributed by atoms with Crippen molar-refractivity contribution < 1.29 is 4.79 Å². The fraction of sp³-hybridized carbons (Fsp3) is 0.632. The van der Waals surface area contributed by atoms with Gasteiger partial charge in [-0.2, -0.15) is 0 Å². The summed E-state index contributed by atoms with van der Waals surface area (Å²) in [7, 11) is 0. The van der Waals surface area contributed by atoms with Gasteiger partial charge in [0.2, 0.25) is 0 Å². The molecule has 1 aromatic carbocycles. The summed E-state index contributed by atoms with van der Waals surface area (Å²) < 4.78 is 0. The molecule has 0 atom stereocenters. The van der Waals surface area contributed by atoms with Crippen LogP contribution >= 0.6 is 0 Å². The smallest absolute Gasteiger partial charge is 0.137 e. The average Bonchev–Trinajstić information content (AvgIpc) is 2.75. The maximum atomic E-state index is 12.3. The number of Topliss-reactive ketones (excluding diaryl/α,β-unsaturated/α-hetero) is 1. The van der Waals surface area contributed by atoms with Gasteiger partial charge in [0.25, 0.3) is 0 Å². The maximum absolute atomic E-state index is 12.3. The van der Waals surface area contributed by atoms with Gasteiger partial charge in [0, 0.05) is 12.8 Å². The Morgan fingerprint density at radius 3 is 2.50 bits per heavy atom. The highest BCUT2D eigenvalue weighted by molar-refractivity contribution is 5.81. The molecule has 1 fully saturated rings. The second-order valence-corrected chi connectivity index (χ2v) is 6.73. The fourth-order valence-corrected chi connectivity index (χ4v) is 3.92. The molecule has 2 aliphatic rings. The van der Waals surface area contributed by atoms with E-state index in [1.807, 2.05) is 0 Å². The summed E-state index contributed by atoms with van der Waals surface area (Å²) in [5.74, 6) is 1.12. The van der Waals surface area contributed by atoms with Crippen LogP contribution in [0.4, 0.5) is 0 Å². The highest BCUT2D eigenvalue weighted by Gasteiger charge is 2.17. The number of hydrogen-bond acceptors (Lipinski definition) is 1. The summed E-state index contributed by atoms with van der Waals surface area (Å²) in [6, 6.07) is 6.71. The zero-order valence-corrected chi connectivity index (χ0v) is 12.5. The quantitative estimate of drug-likeness (QED) is 0.728. The number of carbonyl (C=O) groups excluding carboxylic acids is 1. The highest BCUT2D eigenvalue weighted by Crippen LogP contribution is 2.27. The minimum absolute atomic E-state index is 0.454. The van der Waals surface area contributed by atoms with Crippen molar-refractivity contribution in [3.63, 3.8) is 0 Å². The molecule has 2 aliphatic carbocycles. The van der Waals surface area contributed by atoms with Crippen LogP contribution < -0.4 is 0 Å². The lowest BCUT2D eigenvalue weighted by Gasteiger charge is -2.13. The first-order valence-corrected chi connectivity index (χ1v) is 8.43. The van der Waals surface area contributed by atoms with Gasteiger partial charge in [-0.1, -0.05) is 56.7 Å². The molecule has 1 nitrogen and oxygen atoms in total. The largest absolute Gasteiger partial charge is 0.299 e. The summed E-state index contributed by atoms with van der Waals surface area (Å²) >= 11 is 0. The Hall–Kier alpha value is -1.11. The molecule has 0 amide bonds. The second kappa shape index (κ2) is 6.56. The van der Waals surface area contributed by atoms with Crippen molar-refractivity contribution in [2.45, 2.75) is 70.6 Å². The molecule has 0 N–H and O–H groups in total. The van der Waals surface area contributed by atoms with E-state index >= 15 is 0 Å². The van der Waals surface area contributed by atoms with E-state index in [4.69, 9.17) is 0 Å². The summed E-state index contributed by atoms with van der Waals surface area (Å²) in [6.45, 7) is 0. The highest BCUT2D eigenvalue weighted by atomic mass is 16.1. The first-order chi connectivity index (χ1) is 9.81. The Morgan fingerprint density at radius 2 is 1.70 bits per heavy atom. The SMILES string of the molecule is O=C(Cc1ccc2c(c1)CCC2)CC1CCCCCC1. The zero-order valence-electron chi connectivity index (χ0n) is 12.5. The monoisotopic (exact) mass is 270 g/mol. The van der Waals surface area contributed by atoms with Gasteiger partial charge >= 0.3 is 0 Å². The molecule has 0 heterocycles. The van der Waals surface area contributed by atoms with E-state index in [9.17, 15) is 4.79 Å². The molecule has 0 saturated heterocycles. The van der Waals surface area contributed by atoms with E-state index in [0.717, 1.165) is 6.42 Å². The van der Waals surface area contributed by atoms with Crippen LogP contribution in [0.1, 0.15) is 68.1 Å². The normalized spacial score (nSPS) is 19.6. The van der Waals surface area contributed by atoms with E-state index in [-0.39, 0.29) is 0 Å². The molecule has 20 heavy (non-hydrogen) atoms. The van der Waals surface area contributed by atoms with Crippen LogP contribution in [0.25, 0.3) is 0 Å². The van der Waals surface area contributed by atoms with Crippen molar-refractivity contribution in [2.75, 3.05) is 0 Å². The molecule has 108 valence electrons. The molecule has 1 aromatic rings. The van der Waals surface area contributed by atoms with Crippen LogP contribution in [0, 0.1) is 5.92 Å². The molecule has 1 heteroatoms. The van der Waals surface area contributed by atoms with Crippen molar-refractivity contribution in [3.05, 3.63) is 34.9 Å². The Bertz CT molecular complexity index is 467. The topological polar surface area (TPSA) is 17.1 Å². The molecule has 0 aliphatic heterocycles. The lowest BCUT2D eigenvalue weighted by molar-refractivity contribution is -0.119. The van der Waals surface area contributed by atoms with E-state index in [1.165, 1.54) is 74.5 Å². The molecular weight excluding hydrogens is 244 g/mol. The number of aryl methyl sites for hydroxylation is 2. The molecule has 3 rings (SSSR count). The van der Waals surface area contributed by atoms with Gasteiger partial charge in [-0.05, 0) is 41.9 Å². The van der Waals surface area contributed by atoms with Gasteiger partial charge in [-0.25, -0.2) is 0 Å². The number of benzene rings is 1. The third-order valence-electron chi connectivity index (χ3n) is 5.06. The molecule has 0 bridgehead atoms. The van der Waals surface area contributed by atoms with Gasteiger partial charge in [0.05, 0.1) is 0 Å². The molecule has 1 saturated carbocycles. The van der Waals surface area contributed by atoms with Crippen LogP contribution in [0.2, 0.25) is 0 Å². The number of hydrogen-bond donors (Lipinski definition) is 0. The molecule has 0 aromatic heterocycles. The van der Waals surface area contributed by atoms with Crippen molar-refractivity contribution in [3.8, 4) is 0 Å². The first-order valence-electron chi connectivity index (χ1n) is 8.43. The van der Waals surface area contributed by atoms with Crippen molar-refractivity contribution >= 4 is 5.78 Å². The van der Waals surface area contributed by atoms with E-state index in [2.05, 4.69) is 18.2 Å². The van der Waals surface area contributed by atoms with Crippen LogP contribution in [-0.4, -0.2) is 5.78 Å². The van der Waals surface area contributed by atoms with Gasteiger partial charge in [-0.3, -0.25) is 4.79 Å². The number of rotatable bonds is 4. The molecular formula is C19H26O. The van der Waals surface area contributed by atoms with E-state index in [1.54, 1.807) is 0 Å². The van der Waals surface area contributed by atoms with Crippen molar-refractivity contribution in [1.82, 2.24) is 0 Å². The third kappa shape index (κ3) is 3.50. The predicted octanol–water partition coefficient (Wildman–Crippen LogP) is 4.65. The zero-order chi connectivity index (χ0) is 13.8. The van der Waals surface area contributed by atoms with Gasteiger partial charge in [-0.15, -0.1) is 0 Å². The summed E-state index contributed by atoms with van der Waals surface area (Å²) in [5, 5.41) is 0. The minimum atomic E-state index is 0.454. The number of ketones is 1. The standard InChI is InChI=1S/C19H26O/c20-19(13-15-6-3-1-2-4-7-15)14-16-10-11-17-8-5-9-18(17)12-16/h10-12,15H,1-9,13-14H2. The molecule has 0 unspecified atom stereocenters. The van der Waals surface area contributed by atoms with Crippen molar-refractivity contribution in [2.24, 2.45) is 5.92 Å². The lowest BCUT2D eigenvalue weighted by Crippen LogP contribution is -2.10. The van der Waals surface area contributed by atoms with E-state index < -0.39 is 0 Å².